The number of furan rings is 1. The van der Waals surface area contributed by atoms with E-state index in [2.05, 4.69) is 0 Å². The molecule has 0 aromatic carbocycles. The molecule has 19 heavy (non-hydrogen) atoms. The molecule has 0 spiro atoms. The number of amides is 1. The third-order valence-corrected chi connectivity index (χ3v) is 3.26. The Morgan fingerprint density at radius 2 is 2.21 bits per heavy atom. The zero-order valence-corrected chi connectivity index (χ0v) is 10.5. The number of nitrogens with zero attached hydrogens (tertiary/aromatic N) is 1. The largest absolute Gasteiger partial charge is 0.481 e. The number of nitrogens with two attached hydrogens (primary N) is 1. The average molecular weight is 268 g/mol. The van der Waals surface area contributed by atoms with E-state index in [1.165, 1.54) is 11.0 Å². The van der Waals surface area contributed by atoms with Crippen molar-refractivity contribution in [2.75, 3.05) is 20.3 Å². The summed E-state index contributed by atoms with van der Waals surface area (Å²) in [6.45, 7) is 0.536. The van der Waals surface area contributed by atoms with E-state index in [-0.39, 0.29) is 31.4 Å². The predicted octanol–water partition coefficient (Wildman–Crippen LogP) is -0.0901. The van der Waals surface area contributed by atoms with Gasteiger partial charge in [-0.05, 0) is 12.1 Å². The van der Waals surface area contributed by atoms with Crippen molar-refractivity contribution in [3.8, 4) is 0 Å². The molecule has 0 saturated carbocycles. The van der Waals surface area contributed by atoms with Crippen molar-refractivity contribution in [2.45, 2.75) is 12.6 Å². The minimum absolute atomic E-state index is 0.115. The maximum absolute atomic E-state index is 12.2. The van der Waals surface area contributed by atoms with Gasteiger partial charge >= 0.3 is 5.97 Å². The maximum atomic E-state index is 12.2. The molecule has 0 radical (unpaired) electrons. The molecule has 0 bridgehead atoms. The summed E-state index contributed by atoms with van der Waals surface area (Å²) in [6, 6.07) is 2.67. The van der Waals surface area contributed by atoms with Crippen LogP contribution in [0.4, 0.5) is 0 Å². The summed E-state index contributed by atoms with van der Waals surface area (Å²) in [7, 11) is 1.54. The summed E-state index contributed by atoms with van der Waals surface area (Å²) in [4.78, 5) is 24.6. The number of carbonyl (C=O) groups is 2. The summed E-state index contributed by atoms with van der Waals surface area (Å²) in [5.41, 5.74) is 5.41. The lowest BCUT2D eigenvalue weighted by atomic mass is 10.0. The lowest BCUT2D eigenvalue weighted by Gasteiger charge is -2.25. The number of aliphatic carboxylic acids is 1. The van der Waals surface area contributed by atoms with Gasteiger partial charge in [-0.15, -0.1) is 0 Å². The molecule has 0 aliphatic carbocycles. The van der Waals surface area contributed by atoms with Crippen molar-refractivity contribution in [1.29, 1.82) is 0 Å². The van der Waals surface area contributed by atoms with Gasteiger partial charge in [0.15, 0.2) is 5.76 Å². The predicted molar refractivity (Wildman–Crippen MR) is 64.4 cm³/mol. The molecule has 1 saturated heterocycles. The van der Waals surface area contributed by atoms with Crippen LogP contribution in [-0.2, 0) is 16.1 Å². The zero-order valence-electron chi connectivity index (χ0n) is 10.5. The Hall–Kier alpha value is -1.86. The molecule has 1 aliphatic rings. The second-order valence-corrected chi connectivity index (χ2v) is 4.44. The van der Waals surface area contributed by atoms with Gasteiger partial charge in [0.05, 0.1) is 25.8 Å². The monoisotopic (exact) mass is 268 g/mol. The van der Waals surface area contributed by atoms with E-state index in [0.717, 1.165) is 0 Å². The van der Waals surface area contributed by atoms with Gasteiger partial charge in [-0.1, -0.05) is 0 Å². The topological polar surface area (TPSA) is 106 Å². The average Bonchev–Trinajstić information content (AvgIpc) is 3.05. The highest BCUT2D eigenvalue weighted by atomic mass is 16.5. The van der Waals surface area contributed by atoms with Gasteiger partial charge in [0, 0.05) is 7.05 Å². The van der Waals surface area contributed by atoms with Crippen LogP contribution >= 0.6 is 0 Å². The van der Waals surface area contributed by atoms with Gasteiger partial charge in [0.25, 0.3) is 5.91 Å². The number of likely N-dealkylation sites (N-methyl/N-ethyl adjacent to an activating group) is 1. The van der Waals surface area contributed by atoms with Crippen molar-refractivity contribution in [3.05, 3.63) is 23.7 Å². The van der Waals surface area contributed by atoms with Crippen LogP contribution < -0.4 is 5.73 Å². The molecular weight excluding hydrogens is 252 g/mol. The quantitative estimate of drug-likeness (QED) is 0.790. The fourth-order valence-corrected chi connectivity index (χ4v) is 2.09. The number of hydrogen-bond acceptors (Lipinski definition) is 5. The summed E-state index contributed by atoms with van der Waals surface area (Å²) < 4.78 is 10.4. The van der Waals surface area contributed by atoms with Gasteiger partial charge in [-0.25, -0.2) is 0 Å². The van der Waals surface area contributed by atoms with Crippen LogP contribution in [0.2, 0.25) is 0 Å². The molecule has 2 unspecified atom stereocenters. The minimum Gasteiger partial charge on any atom is -0.481 e. The molecule has 1 aliphatic heterocycles. The number of rotatable bonds is 4. The zero-order chi connectivity index (χ0) is 14.0. The smallest absolute Gasteiger partial charge is 0.311 e. The van der Waals surface area contributed by atoms with E-state index in [4.69, 9.17) is 20.0 Å². The van der Waals surface area contributed by atoms with Crippen molar-refractivity contribution < 1.29 is 23.8 Å². The first-order valence-electron chi connectivity index (χ1n) is 5.91. The van der Waals surface area contributed by atoms with Crippen LogP contribution in [0.1, 0.15) is 16.3 Å². The molecule has 2 rings (SSSR count). The molecule has 1 aromatic heterocycles. The number of ether oxygens (including phenoxy) is 1. The normalized spacial score (nSPS) is 22.4. The van der Waals surface area contributed by atoms with E-state index >= 15 is 0 Å². The van der Waals surface area contributed by atoms with Gasteiger partial charge in [0.2, 0.25) is 0 Å². The molecule has 104 valence electrons. The lowest BCUT2D eigenvalue weighted by molar-refractivity contribution is -0.142. The van der Waals surface area contributed by atoms with Gasteiger partial charge in [-0.2, -0.15) is 0 Å². The first kappa shape index (κ1) is 13.6. The molecule has 2 heterocycles. The highest BCUT2D eigenvalue weighted by Gasteiger charge is 2.39. The summed E-state index contributed by atoms with van der Waals surface area (Å²) in [5.74, 6) is -1.39. The molecular formula is C12H16N2O5. The number of carboxylic acid groups (broad SMARTS) is 1. The second-order valence-electron chi connectivity index (χ2n) is 4.44. The Morgan fingerprint density at radius 3 is 2.79 bits per heavy atom. The van der Waals surface area contributed by atoms with Crippen molar-refractivity contribution in [2.24, 2.45) is 11.7 Å². The van der Waals surface area contributed by atoms with Crippen molar-refractivity contribution in [1.82, 2.24) is 4.90 Å². The Labute approximate surface area is 109 Å². The summed E-state index contributed by atoms with van der Waals surface area (Å²) in [5, 5.41) is 9.07. The van der Waals surface area contributed by atoms with Crippen LogP contribution in [0.3, 0.4) is 0 Å². The van der Waals surface area contributed by atoms with Crippen LogP contribution in [0.25, 0.3) is 0 Å². The Kier molecular flexibility index (Phi) is 3.87. The van der Waals surface area contributed by atoms with Crippen LogP contribution in [0.5, 0.6) is 0 Å². The third kappa shape index (κ3) is 2.61. The first-order chi connectivity index (χ1) is 9.04. The lowest BCUT2D eigenvalue weighted by Crippen LogP contribution is -2.44. The first-order valence-corrected chi connectivity index (χ1v) is 5.91. The number of carbonyl (C=O) groups excluding carboxylic acids is 1. The SMILES string of the molecule is CN(C(=O)c1ccc(CN)o1)C1COCC1C(=O)O. The van der Waals surface area contributed by atoms with E-state index in [9.17, 15) is 9.59 Å². The molecule has 1 amide bonds. The van der Waals surface area contributed by atoms with Crippen LogP contribution in [0, 0.1) is 5.92 Å². The summed E-state index contributed by atoms with van der Waals surface area (Å²) >= 11 is 0. The van der Waals surface area contributed by atoms with Crippen molar-refractivity contribution in [3.63, 3.8) is 0 Å². The highest BCUT2D eigenvalue weighted by molar-refractivity contribution is 5.92. The molecule has 7 nitrogen and oxygen atoms in total. The molecule has 1 fully saturated rings. The van der Waals surface area contributed by atoms with Crippen molar-refractivity contribution >= 4 is 11.9 Å². The maximum Gasteiger partial charge on any atom is 0.311 e. The van der Waals surface area contributed by atoms with Gasteiger partial charge in [0.1, 0.15) is 11.7 Å². The molecule has 3 N–H and O–H groups in total. The fourth-order valence-electron chi connectivity index (χ4n) is 2.09. The standard InChI is InChI=1S/C12H16N2O5/c1-14(9-6-18-5-8(9)12(16)17)11(15)10-3-2-7(4-13)19-10/h2-3,8-9H,4-6,13H2,1H3,(H,16,17). The second kappa shape index (κ2) is 5.41. The third-order valence-electron chi connectivity index (χ3n) is 3.26. The summed E-state index contributed by atoms with van der Waals surface area (Å²) in [6.07, 6.45) is 0. The molecule has 7 heteroatoms. The van der Waals surface area contributed by atoms with E-state index in [0.29, 0.717) is 5.76 Å². The Morgan fingerprint density at radius 1 is 1.47 bits per heavy atom. The Bertz CT molecular complexity index is 484. The number of hydrogen-bond donors (Lipinski definition) is 2. The fraction of sp³-hybridized carbons (Fsp3) is 0.500. The molecule has 2 atom stereocenters. The van der Waals surface area contributed by atoms with E-state index < -0.39 is 17.9 Å². The highest BCUT2D eigenvalue weighted by Crippen LogP contribution is 2.21. The van der Waals surface area contributed by atoms with E-state index in [1.807, 2.05) is 0 Å². The van der Waals surface area contributed by atoms with Crippen LogP contribution in [-0.4, -0.2) is 48.2 Å². The van der Waals surface area contributed by atoms with Gasteiger partial charge < -0.3 is 24.9 Å². The minimum atomic E-state index is -0.968. The van der Waals surface area contributed by atoms with E-state index in [1.54, 1.807) is 13.1 Å². The van der Waals surface area contributed by atoms with Gasteiger partial charge in [-0.3, -0.25) is 9.59 Å². The Balaban J connectivity index is 2.12. The van der Waals surface area contributed by atoms with Crippen LogP contribution in [0.15, 0.2) is 16.5 Å². The molecule has 1 aromatic rings. The number of carboxylic acids is 1.